The smallest absolute Gasteiger partial charge is 0.123 e. The number of hydrogen-bond acceptors (Lipinski definition) is 2. The summed E-state index contributed by atoms with van der Waals surface area (Å²) >= 11 is 0. The zero-order chi connectivity index (χ0) is 12.0. The maximum Gasteiger partial charge on any atom is 0.123 e. The van der Waals surface area contributed by atoms with Gasteiger partial charge in [0.05, 0.1) is 6.10 Å². The van der Waals surface area contributed by atoms with Crippen molar-refractivity contribution in [3.05, 3.63) is 35.6 Å². The highest BCUT2D eigenvalue weighted by Gasteiger charge is 2.06. The second kappa shape index (κ2) is 6.61. The Hall–Kier alpha value is -0.930. The number of hydrogen-bond donors (Lipinski definition) is 2. The predicted molar refractivity (Wildman–Crippen MR) is 63.7 cm³/mol. The molecule has 0 aliphatic carbocycles. The summed E-state index contributed by atoms with van der Waals surface area (Å²) < 4.78 is 12.7. The first kappa shape index (κ1) is 13.1. The molecule has 0 heterocycles. The molecule has 0 spiro atoms. The lowest BCUT2D eigenvalue weighted by atomic mass is 10.1. The second-order valence-corrected chi connectivity index (χ2v) is 4.45. The van der Waals surface area contributed by atoms with Gasteiger partial charge in [0.25, 0.3) is 0 Å². The summed E-state index contributed by atoms with van der Waals surface area (Å²) in [6.07, 6.45) is 0.137. The van der Waals surface area contributed by atoms with Gasteiger partial charge in [-0.05, 0) is 43.1 Å². The van der Waals surface area contributed by atoms with Crippen LogP contribution >= 0.6 is 0 Å². The Morgan fingerprint density at radius 1 is 1.25 bits per heavy atom. The van der Waals surface area contributed by atoms with Gasteiger partial charge in [-0.3, -0.25) is 0 Å². The van der Waals surface area contributed by atoms with Gasteiger partial charge in [0.1, 0.15) is 5.82 Å². The summed E-state index contributed by atoms with van der Waals surface area (Å²) in [4.78, 5) is 0. The monoisotopic (exact) mass is 225 g/mol. The third-order valence-corrected chi connectivity index (χ3v) is 2.40. The minimum atomic E-state index is -0.514. The average molecular weight is 225 g/mol. The van der Waals surface area contributed by atoms with Crippen molar-refractivity contribution in [3.63, 3.8) is 0 Å². The maximum absolute atomic E-state index is 12.7. The summed E-state index contributed by atoms with van der Waals surface area (Å²) in [6, 6.07) is 6.01. The molecule has 1 rings (SSSR count). The molecule has 0 saturated heterocycles. The molecule has 0 fully saturated rings. The van der Waals surface area contributed by atoms with Gasteiger partial charge in [-0.25, -0.2) is 4.39 Å². The summed E-state index contributed by atoms with van der Waals surface area (Å²) in [7, 11) is 0. The van der Waals surface area contributed by atoms with Crippen LogP contribution in [-0.4, -0.2) is 18.2 Å². The number of halogens is 1. The quantitative estimate of drug-likeness (QED) is 0.729. The molecule has 0 amide bonds. The van der Waals surface area contributed by atoms with E-state index in [2.05, 4.69) is 19.2 Å². The number of aliphatic hydroxyl groups is 1. The van der Waals surface area contributed by atoms with E-state index in [-0.39, 0.29) is 5.82 Å². The van der Waals surface area contributed by atoms with E-state index in [1.807, 2.05) is 0 Å². The van der Waals surface area contributed by atoms with Crippen molar-refractivity contribution in [2.75, 3.05) is 13.1 Å². The predicted octanol–water partition coefficient (Wildman–Crippen LogP) is 2.49. The average Bonchev–Trinajstić information content (AvgIpc) is 2.25. The highest BCUT2D eigenvalue weighted by molar-refractivity contribution is 5.18. The first-order valence-electron chi connectivity index (χ1n) is 5.74. The molecule has 1 aromatic rings. The molecule has 0 aliphatic heterocycles. The summed E-state index contributed by atoms with van der Waals surface area (Å²) in [5.74, 6) is 0.344. The fourth-order valence-electron chi connectivity index (χ4n) is 1.48. The van der Waals surface area contributed by atoms with Gasteiger partial charge in [0.2, 0.25) is 0 Å². The fraction of sp³-hybridized carbons (Fsp3) is 0.538. The first-order valence-corrected chi connectivity index (χ1v) is 5.74. The third kappa shape index (κ3) is 4.73. The summed E-state index contributed by atoms with van der Waals surface area (Å²) in [5, 5.41) is 13.1. The molecule has 3 heteroatoms. The van der Waals surface area contributed by atoms with Gasteiger partial charge in [-0.1, -0.05) is 26.0 Å². The number of rotatable bonds is 6. The Labute approximate surface area is 96.5 Å². The van der Waals surface area contributed by atoms with Crippen molar-refractivity contribution in [1.29, 1.82) is 0 Å². The van der Waals surface area contributed by atoms with Gasteiger partial charge >= 0.3 is 0 Å². The van der Waals surface area contributed by atoms with E-state index in [1.165, 1.54) is 12.1 Å². The molecule has 1 unspecified atom stereocenters. The molecule has 0 aliphatic rings. The number of benzene rings is 1. The summed E-state index contributed by atoms with van der Waals surface area (Å²) in [5.41, 5.74) is 0.771. The van der Waals surface area contributed by atoms with Crippen LogP contribution < -0.4 is 5.32 Å². The van der Waals surface area contributed by atoms with Crippen molar-refractivity contribution in [2.45, 2.75) is 26.4 Å². The lowest BCUT2D eigenvalue weighted by molar-refractivity contribution is 0.166. The molecule has 2 N–H and O–H groups in total. The lowest BCUT2D eigenvalue weighted by Gasteiger charge is -2.12. The Balaban J connectivity index is 2.29. The Morgan fingerprint density at radius 3 is 2.44 bits per heavy atom. The fourth-order valence-corrected chi connectivity index (χ4v) is 1.48. The molecule has 1 atom stereocenters. The minimum absolute atomic E-state index is 0.270. The maximum atomic E-state index is 12.7. The standard InChI is InChI=1S/C13H20FNO/c1-10(2)9-15-8-7-13(16)11-3-5-12(14)6-4-11/h3-6,10,13,15-16H,7-9H2,1-2H3. The van der Waals surface area contributed by atoms with Crippen LogP contribution in [0.25, 0.3) is 0 Å². The molecule has 0 saturated carbocycles. The molecule has 2 nitrogen and oxygen atoms in total. The second-order valence-electron chi connectivity index (χ2n) is 4.45. The van der Waals surface area contributed by atoms with Gasteiger partial charge in [-0.15, -0.1) is 0 Å². The van der Waals surface area contributed by atoms with E-state index in [0.29, 0.717) is 12.3 Å². The zero-order valence-electron chi connectivity index (χ0n) is 9.91. The first-order chi connectivity index (χ1) is 7.59. The van der Waals surface area contributed by atoms with E-state index in [0.717, 1.165) is 18.7 Å². The van der Waals surface area contributed by atoms with Crippen LogP contribution in [0.4, 0.5) is 4.39 Å². The van der Waals surface area contributed by atoms with Crippen LogP contribution in [0.15, 0.2) is 24.3 Å². The van der Waals surface area contributed by atoms with E-state index < -0.39 is 6.10 Å². The Morgan fingerprint density at radius 2 is 1.88 bits per heavy atom. The van der Waals surface area contributed by atoms with Crippen LogP contribution in [0.3, 0.4) is 0 Å². The van der Waals surface area contributed by atoms with Crippen LogP contribution in [-0.2, 0) is 0 Å². The van der Waals surface area contributed by atoms with Crippen molar-refractivity contribution in [2.24, 2.45) is 5.92 Å². The number of aliphatic hydroxyl groups excluding tert-OH is 1. The van der Waals surface area contributed by atoms with Gasteiger partial charge in [0, 0.05) is 0 Å². The SMILES string of the molecule is CC(C)CNCCC(O)c1ccc(F)cc1. The van der Waals surface area contributed by atoms with Gasteiger partial charge in [-0.2, -0.15) is 0 Å². The largest absolute Gasteiger partial charge is 0.388 e. The molecular formula is C13H20FNO. The van der Waals surface area contributed by atoms with Crippen molar-refractivity contribution in [1.82, 2.24) is 5.32 Å². The molecular weight excluding hydrogens is 205 g/mol. The summed E-state index contributed by atoms with van der Waals surface area (Å²) in [6.45, 7) is 6.01. The molecule has 16 heavy (non-hydrogen) atoms. The zero-order valence-corrected chi connectivity index (χ0v) is 9.91. The van der Waals surface area contributed by atoms with Crippen molar-refractivity contribution >= 4 is 0 Å². The topological polar surface area (TPSA) is 32.3 Å². The van der Waals surface area contributed by atoms with Gasteiger partial charge in [0.15, 0.2) is 0 Å². The highest BCUT2D eigenvalue weighted by Crippen LogP contribution is 2.16. The van der Waals surface area contributed by atoms with Gasteiger partial charge < -0.3 is 10.4 Å². The van der Waals surface area contributed by atoms with Crippen LogP contribution in [0, 0.1) is 11.7 Å². The minimum Gasteiger partial charge on any atom is -0.388 e. The van der Waals surface area contributed by atoms with Crippen LogP contribution in [0.1, 0.15) is 31.9 Å². The van der Waals surface area contributed by atoms with Crippen LogP contribution in [0.5, 0.6) is 0 Å². The van der Waals surface area contributed by atoms with E-state index in [1.54, 1.807) is 12.1 Å². The molecule has 1 aromatic carbocycles. The van der Waals surface area contributed by atoms with Crippen molar-refractivity contribution in [3.8, 4) is 0 Å². The molecule has 90 valence electrons. The molecule has 0 radical (unpaired) electrons. The number of nitrogens with one attached hydrogen (secondary N) is 1. The lowest BCUT2D eigenvalue weighted by Crippen LogP contribution is -2.22. The van der Waals surface area contributed by atoms with E-state index in [4.69, 9.17) is 0 Å². The van der Waals surface area contributed by atoms with E-state index >= 15 is 0 Å². The van der Waals surface area contributed by atoms with E-state index in [9.17, 15) is 9.50 Å². The molecule has 0 bridgehead atoms. The Bertz CT molecular complexity index is 297. The Kier molecular flexibility index (Phi) is 5.43. The van der Waals surface area contributed by atoms with Crippen LogP contribution in [0.2, 0.25) is 0 Å². The normalized spacial score (nSPS) is 13.1. The highest BCUT2D eigenvalue weighted by atomic mass is 19.1. The third-order valence-electron chi connectivity index (χ3n) is 2.40. The van der Waals surface area contributed by atoms with Crippen molar-refractivity contribution < 1.29 is 9.50 Å². The molecule has 0 aromatic heterocycles.